The van der Waals surface area contributed by atoms with Crippen molar-refractivity contribution < 1.29 is 47.7 Å². The van der Waals surface area contributed by atoms with Crippen LogP contribution in [0.5, 0.6) is 0 Å². The predicted octanol–water partition coefficient (Wildman–Crippen LogP) is 7.38. The average Bonchev–Trinajstić information content (AvgIpc) is 3.03. The van der Waals surface area contributed by atoms with E-state index in [-0.39, 0.29) is 52.3 Å². The van der Waals surface area contributed by atoms with E-state index in [2.05, 4.69) is 0 Å². The molecule has 0 N–H and O–H groups in total. The normalized spacial score (nSPS) is 14.3. The fraction of sp³-hybridized carbons (Fsp3) is 0.861. The lowest BCUT2D eigenvalue weighted by Gasteiger charge is -2.32. The maximum Gasteiger partial charge on any atom is 0.310 e. The van der Waals surface area contributed by atoms with Gasteiger partial charge in [-0.25, -0.2) is 0 Å². The van der Waals surface area contributed by atoms with Crippen LogP contribution < -0.4 is 0 Å². The first-order valence-electron chi connectivity index (χ1n) is 17.9. The summed E-state index contributed by atoms with van der Waals surface area (Å²) in [7, 11) is 0. The van der Waals surface area contributed by atoms with Gasteiger partial charge in [0.2, 0.25) is 0 Å². The highest BCUT2D eigenvalue weighted by molar-refractivity contribution is 5.83. The van der Waals surface area contributed by atoms with Crippen molar-refractivity contribution in [2.75, 3.05) is 33.0 Å². The smallest absolute Gasteiger partial charge is 0.310 e. The van der Waals surface area contributed by atoms with Gasteiger partial charge in [0.1, 0.15) is 0 Å². The molecule has 10 heteroatoms. The molecule has 0 heterocycles. The second-order valence-corrected chi connectivity index (χ2v) is 12.3. The fourth-order valence-electron chi connectivity index (χ4n) is 4.91. The molecule has 0 saturated carbocycles. The minimum atomic E-state index is -0.964. The van der Waals surface area contributed by atoms with Crippen LogP contribution in [0.25, 0.3) is 0 Å². The molecule has 0 radical (unpaired) electrons. The molecular formula is C36H64O10. The van der Waals surface area contributed by atoms with Crippen LogP contribution in [0.3, 0.4) is 0 Å². The van der Waals surface area contributed by atoms with E-state index in [9.17, 15) is 24.0 Å². The fourth-order valence-corrected chi connectivity index (χ4v) is 4.91. The molecule has 5 unspecified atom stereocenters. The molecule has 0 aliphatic carbocycles. The van der Waals surface area contributed by atoms with Crippen LogP contribution in [0.15, 0.2) is 0 Å². The van der Waals surface area contributed by atoms with E-state index in [1.54, 1.807) is 13.8 Å². The molecule has 0 amide bonds. The molecule has 46 heavy (non-hydrogen) atoms. The Morgan fingerprint density at radius 1 is 0.478 bits per heavy atom. The first kappa shape index (κ1) is 43.4. The van der Waals surface area contributed by atoms with Crippen LogP contribution in [-0.2, 0) is 47.7 Å². The van der Waals surface area contributed by atoms with Gasteiger partial charge in [-0.05, 0) is 50.9 Å². The van der Waals surface area contributed by atoms with Crippen molar-refractivity contribution >= 4 is 29.8 Å². The molecule has 268 valence electrons. The van der Waals surface area contributed by atoms with E-state index in [0.717, 1.165) is 44.9 Å². The summed E-state index contributed by atoms with van der Waals surface area (Å²) < 4.78 is 27.5. The second kappa shape index (κ2) is 27.5. The molecule has 0 spiro atoms. The van der Waals surface area contributed by atoms with Gasteiger partial charge in [-0.1, -0.05) is 87.0 Å². The molecule has 0 rings (SSSR count). The first-order chi connectivity index (χ1) is 22.1. The Bertz CT molecular complexity index is 858. The molecule has 0 fully saturated rings. The van der Waals surface area contributed by atoms with E-state index in [1.165, 1.54) is 0 Å². The lowest BCUT2D eigenvalue weighted by Crippen LogP contribution is -2.41. The summed E-state index contributed by atoms with van der Waals surface area (Å²) in [5.74, 6) is -6.36. The quantitative estimate of drug-likeness (QED) is 0.0477. The number of hydrogen-bond acceptors (Lipinski definition) is 10. The molecule has 0 saturated heterocycles. The Balaban J connectivity index is 6.15. The molecule has 0 aromatic heterocycles. The summed E-state index contributed by atoms with van der Waals surface area (Å²) in [5.41, 5.74) is 0. The van der Waals surface area contributed by atoms with Crippen molar-refractivity contribution in [3.05, 3.63) is 0 Å². The van der Waals surface area contributed by atoms with Gasteiger partial charge in [-0.15, -0.1) is 0 Å². The number of unbranched alkanes of at least 4 members (excludes halogenated alkanes) is 5. The van der Waals surface area contributed by atoms with Crippen molar-refractivity contribution in [2.45, 2.75) is 138 Å². The Hall–Kier alpha value is -2.65. The van der Waals surface area contributed by atoms with Gasteiger partial charge in [-0.3, -0.25) is 24.0 Å². The molecule has 0 bridgehead atoms. The van der Waals surface area contributed by atoms with E-state index in [0.29, 0.717) is 25.7 Å². The molecule has 10 nitrogen and oxygen atoms in total. The highest BCUT2D eigenvalue weighted by Crippen LogP contribution is 2.34. The van der Waals surface area contributed by atoms with Gasteiger partial charge < -0.3 is 23.7 Å². The Morgan fingerprint density at radius 2 is 0.891 bits per heavy atom. The zero-order chi connectivity index (χ0) is 34.7. The Kier molecular flexibility index (Phi) is 25.9. The van der Waals surface area contributed by atoms with Gasteiger partial charge in [0, 0.05) is 0 Å². The van der Waals surface area contributed by atoms with Gasteiger partial charge >= 0.3 is 29.8 Å². The van der Waals surface area contributed by atoms with Crippen LogP contribution in [-0.4, -0.2) is 62.9 Å². The number of carbonyl (C=O) groups is 5. The highest BCUT2D eigenvalue weighted by Gasteiger charge is 2.43. The summed E-state index contributed by atoms with van der Waals surface area (Å²) in [5, 5.41) is 0. The van der Waals surface area contributed by atoms with Crippen molar-refractivity contribution in [1.82, 2.24) is 0 Å². The van der Waals surface area contributed by atoms with Gasteiger partial charge in [0.15, 0.2) is 0 Å². The third-order valence-corrected chi connectivity index (χ3v) is 8.28. The molecule has 5 atom stereocenters. The zero-order valence-electron chi connectivity index (χ0n) is 29.9. The number of esters is 5. The van der Waals surface area contributed by atoms with E-state index in [4.69, 9.17) is 23.7 Å². The topological polar surface area (TPSA) is 132 Å². The number of carbonyl (C=O) groups excluding carboxylic acids is 5. The summed E-state index contributed by atoms with van der Waals surface area (Å²) in [4.78, 5) is 65.7. The average molecular weight is 657 g/mol. The van der Waals surface area contributed by atoms with Crippen LogP contribution >= 0.6 is 0 Å². The molecule has 0 aliphatic rings. The summed E-state index contributed by atoms with van der Waals surface area (Å²) in [6.07, 6.45) is 8.45. The standard InChI is InChI=1S/C36H64O10/c1-8-13-21-42-31(37)26-29(34(39)44-23-15-10-3)19-18-20-30(35(40)45-24-16-11-4)32(36(41)46-25-17-12-5)27(6)28(7)33(38)43-22-14-9-2/h27-30,32H,8-26H2,1-7H3. The minimum absolute atomic E-state index is 0.125. The van der Waals surface area contributed by atoms with Gasteiger partial charge in [-0.2, -0.15) is 0 Å². The Morgan fingerprint density at radius 3 is 1.37 bits per heavy atom. The van der Waals surface area contributed by atoms with Crippen LogP contribution in [0, 0.1) is 29.6 Å². The van der Waals surface area contributed by atoms with Crippen molar-refractivity contribution in [3.63, 3.8) is 0 Å². The molecular weight excluding hydrogens is 592 g/mol. The SMILES string of the molecule is CCCCOC(=O)CC(CCCC(C(=O)OCCCC)C(C(=O)OCCCC)C(C)C(C)C(=O)OCCCC)C(=O)OCCCC. The highest BCUT2D eigenvalue weighted by atomic mass is 16.6. The summed E-state index contributed by atoms with van der Waals surface area (Å²) in [6, 6.07) is 0. The molecule has 0 aromatic rings. The van der Waals surface area contributed by atoms with Crippen LogP contribution in [0.4, 0.5) is 0 Å². The predicted molar refractivity (Wildman–Crippen MR) is 177 cm³/mol. The van der Waals surface area contributed by atoms with Crippen molar-refractivity contribution in [2.24, 2.45) is 29.6 Å². The number of rotatable bonds is 28. The zero-order valence-corrected chi connectivity index (χ0v) is 29.9. The summed E-state index contributed by atoms with van der Waals surface area (Å²) >= 11 is 0. The largest absolute Gasteiger partial charge is 0.466 e. The second-order valence-electron chi connectivity index (χ2n) is 12.3. The molecule has 0 aliphatic heterocycles. The van der Waals surface area contributed by atoms with Gasteiger partial charge in [0.25, 0.3) is 0 Å². The monoisotopic (exact) mass is 656 g/mol. The molecule has 0 aromatic carbocycles. The maximum atomic E-state index is 13.6. The summed E-state index contributed by atoms with van der Waals surface area (Å²) in [6.45, 7) is 14.7. The Labute approximate surface area is 278 Å². The maximum absolute atomic E-state index is 13.6. The first-order valence-corrected chi connectivity index (χ1v) is 17.9. The van der Waals surface area contributed by atoms with Crippen LogP contribution in [0.2, 0.25) is 0 Å². The van der Waals surface area contributed by atoms with E-state index >= 15 is 0 Å². The van der Waals surface area contributed by atoms with E-state index in [1.807, 2.05) is 34.6 Å². The van der Waals surface area contributed by atoms with Crippen molar-refractivity contribution in [1.29, 1.82) is 0 Å². The lowest BCUT2D eigenvalue weighted by atomic mass is 9.74. The van der Waals surface area contributed by atoms with Crippen LogP contribution in [0.1, 0.15) is 138 Å². The third kappa shape index (κ3) is 18.5. The number of ether oxygens (including phenoxy) is 5. The number of hydrogen-bond donors (Lipinski definition) is 0. The lowest BCUT2D eigenvalue weighted by molar-refractivity contribution is -0.167. The van der Waals surface area contributed by atoms with Crippen molar-refractivity contribution in [3.8, 4) is 0 Å². The third-order valence-electron chi connectivity index (χ3n) is 8.28. The minimum Gasteiger partial charge on any atom is -0.466 e. The van der Waals surface area contributed by atoms with E-state index < -0.39 is 59.4 Å². The van der Waals surface area contributed by atoms with Gasteiger partial charge in [0.05, 0.1) is 63.1 Å².